The summed E-state index contributed by atoms with van der Waals surface area (Å²) in [6.07, 6.45) is 7.96. The van der Waals surface area contributed by atoms with Crippen molar-refractivity contribution in [3.8, 4) is 0 Å². The lowest BCUT2D eigenvalue weighted by atomic mass is 9.91. The maximum atomic E-state index is 4.99. The Kier molecular flexibility index (Phi) is 5.05. The van der Waals surface area contributed by atoms with Crippen molar-refractivity contribution in [2.45, 2.75) is 75.3 Å². The van der Waals surface area contributed by atoms with Gasteiger partial charge in [0.15, 0.2) is 0 Å². The number of nitrogens with one attached hydrogen (secondary N) is 1. The molecule has 0 bridgehead atoms. The first-order valence-corrected chi connectivity index (χ1v) is 9.96. The quantitative estimate of drug-likeness (QED) is 0.810. The predicted octanol–water partition coefficient (Wildman–Crippen LogP) is 4.35. The summed E-state index contributed by atoms with van der Waals surface area (Å²) < 4.78 is 0. The molecule has 1 aromatic rings. The Balaban J connectivity index is 1.61. The van der Waals surface area contributed by atoms with Gasteiger partial charge in [-0.2, -0.15) is 11.8 Å². The molecule has 1 N–H and O–H groups in total. The van der Waals surface area contributed by atoms with Crippen LogP contribution in [0, 0.1) is 0 Å². The van der Waals surface area contributed by atoms with Crippen molar-refractivity contribution in [2.75, 3.05) is 6.54 Å². The maximum absolute atomic E-state index is 4.99. The number of thioether (sulfide) groups is 1. The van der Waals surface area contributed by atoms with E-state index in [0.29, 0.717) is 5.92 Å². The van der Waals surface area contributed by atoms with Gasteiger partial charge in [0.1, 0.15) is 5.01 Å². The summed E-state index contributed by atoms with van der Waals surface area (Å²) in [4.78, 5) is 6.58. The van der Waals surface area contributed by atoms with E-state index in [1.165, 1.54) is 49.2 Å². The zero-order valence-corrected chi connectivity index (χ0v) is 14.3. The highest BCUT2D eigenvalue weighted by molar-refractivity contribution is 7.99. The lowest BCUT2D eigenvalue weighted by Crippen LogP contribution is -2.25. The minimum atomic E-state index is 0.679. The second-order valence-corrected chi connectivity index (χ2v) is 8.81. The van der Waals surface area contributed by atoms with Crippen LogP contribution < -0.4 is 5.32 Å². The third-order valence-corrected chi connectivity index (χ3v) is 7.07. The Labute approximate surface area is 131 Å². The van der Waals surface area contributed by atoms with E-state index in [0.717, 1.165) is 23.6 Å². The molecule has 2 atom stereocenters. The molecule has 2 aliphatic carbocycles. The van der Waals surface area contributed by atoms with Gasteiger partial charge in [-0.25, -0.2) is 4.98 Å². The number of thiazole rings is 1. The summed E-state index contributed by atoms with van der Waals surface area (Å²) in [6, 6.07) is 0.819. The Morgan fingerprint density at radius 2 is 2.25 bits per heavy atom. The Morgan fingerprint density at radius 3 is 3.00 bits per heavy atom. The van der Waals surface area contributed by atoms with E-state index in [1.54, 1.807) is 4.88 Å². The van der Waals surface area contributed by atoms with E-state index < -0.39 is 0 Å². The van der Waals surface area contributed by atoms with Gasteiger partial charge in [-0.05, 0) is 38.5 Å². The van der Waals surface area contributed by atoms with Gasteiger partial charge in [0, 0.05) is 34.4 Å². The van der Waals surface area contributed by atoms with E-state index >= 15 is 0 Å². The van der Waals surface area contributed by atoms with Crippen molar-refractivity contribution < 1.29 is 0 Å². The van der Waals surface area contributed by atoms with E-state index in [1.807, 2.05) is 11.3 Å². The molecule has 0 spiro atoms. The maximum Gasteiger partial charge on any atom is 0.103 e. The molecule has 0 saturated heterocycles. The van der Waals surface area contributed by atoms with Crippen LogP contribution in [0.3, 0.4) is 0 Å². The number of hydrogen-bond acceptors (Lipinski definition) is 4. The van der Waals surface area contributed by atoms with Gasteiger partial charge in [0.2, 0.25) is 0 Å². The summed E-state index contributed by atoms with van der Waals surface area (Å²) in [6.45, 7) is 5.74. The van der Waals surface area contributed by atoms with Gasteiger partial charge in [-0.15, -0.1) is 11.3 Å². The first-order valence-electron chi connectivity index (χ1n) is 8.09. The van der Waals surface area contributed by atoms with E-state index in [4.69, 9.17) is 4.98 Å². The third-order valence-electron chi connectivity index (χ3n) is 4.41. The molecular weight excluding hydrogens is 284 g/mol. The Morgan fingerprint density at radius 1 is 1.40 bits per heavy atom. The van der Waals surface area contributed by atoms with Crippen molar-refractivity contribution in [1.82, 2.24) is 10.3 Å². The lowest BCUT2D eigenvalue weighted by molar-refractivity contribution is 0.500. The molecule has 20 heavy (non-hydrogen) atoms. The predicted molar refractivity (Wildman–Crippen MR) is 89.9 cm³/mol. The number of rotatable bonds is 7. The molecule has 3 rings (SSSR count). The van der Waals surface area contributed by atoms with Gasteiger partial charge in [0.25, 0.3) is 0 Å². The fourth-order valence-corrected chi connectivity index (χ4v) is 4.90. The molecule has 2 nitrogen and oxygen atoms in total. The molecule has 2 aliphatic rings. The molecule has 0 aliphatic heterocycles. The number of aryl methyl sites for hydroxylation is 1. The highest BCUT2D eigenvalue weighted by atomic mass is 32.2. The fraction of sp³-hybridized carbons (Fsp3) is 0.812. The van der Waals surface area contributed by atoms with Gasteiger partial charge >= 0.3 is 0 Å². The number of fused-ring (bicyclic) bond motifs is 1. The monoisotopic (exact) mass is 310 g/mol. The molecule has 2 unspecified atom stereocenters. The van der Waals surface area contributed by atoms with Crippen LogP contribution in [0.4, 0.5) is 0 Å². The smallest absolute Gasteiger partial charge is 0.103 e. The van der Waals surface area contributed by atoms with E-state index in [-0.39, 0.29) is 0 Å². The van der Waals surface area contributed by atoms with Crippen LogP contribution in [-0.2, 0) is 12.2 Å². The van der Waals surface area contributed by atoms with Crippen LogP contribution in [-0.4, -0.2) is 22.8 Å². The molecular formula is C16H26N2S2. The van der Waals surface area contributed by atoms with E-state index in [9.17, 15) is 0 Å². The second kappa shape index (κ2) is 6.80. The zero-order chi connectivity index (χ0) is 13.9. The Bertz CT molecular complexity index is 440. The average molecular weight is 311 g/mol. The summed E-state index contributed by atoms with van der Waals surface area (Å²) in [5.41, 5.74) is 1.44. The van der Waals surface area contributed by atoms with Gasteiger partial charge in [-0.1, -0.05) is 13.8 Å². The van der Waals surface area contributed by atoms with Crippen LogP contribution >= 0.6 is 23.1 Å². The minimum absolute atomic E-state index is 0.679. The van der Waals surface area contributed by atoms with Crippen molar-refractivity contribution in [1.29, 1.82) is 0 Å². The van der Waals surface area contributed by atoms with Gasteiger partial charge in [-0.3, -0.25) is 0 Å². The molecule has 4 heteroatoms. The summed E-state index contributed by atoms with van der Waals surface area (Å²) in [5.74, 6) is 1.79. The number of aromatic nitrogens is 1. The molecule has 1 aromatic heterocycles. The number of nitrogens with zero attached hydrogens (tertiary/aromatic N) is 1. The SMILES string of the molecule is CCC(C)SCc1nc2c(s1)CCCC2CNC1CC1. The summed E-state index contributed by atoms with van der Waals surface area (Å²) in [7, 11) is 0. The Hall–Kier alpha value is -0.0600. The van der Waals surface area contributed by atoms with Crippen LogP contribution in [0.5, 0.6) is 0 Å². The van der Waals surface area contributed by atoms with E-state index in [2.05, 4.69) is 30.9 Å². The standard InChI is InChI=1S/C16H26N2S2/c1-3-11(2)19-10-15-18-16-12(9-17-13-7-8-13)5-4-6-14(16)20-15/h11-13,17H,3-10H2,1-2H3. The summed E-state index contributed by atoms with van der Waals surface area (Å²) in [5, 5.41) is 5.81. The molecule has 1 heterocycles. The van der Waals surface area contributed by atoms with Crippen LogP contribution in [0.25, 0.3) is 0 Å². The first kappa shape index (κ1) is 14.9. The van der Waals surface area contributed by atoms with Crippen molar-refractivity contribution in [3.63, 3.8) is 0 Å². The highest BCUT2D eigenvalue weighted by Crippen LogP contribution is 2.36. The molecule has 0 radical (unpaired) electrons. The second-order valence-electron chi connectivity index (χ2n) is 6.22. The molecule has 0 aromatic carbocycles. The summed E-state index contributed by atoms with van der Waals surface area (Å²) >= 11 is 4.04. The molecule has 1 saturated carbocycles. The first-order chi connectivity index (χ1) is 9.76. The fourth-order valence-electron chi connectivity index (χ4n) is 2.75. The van der Waals surface area contributed by atoms with Crippen LogP contribution in [0.2, 0.25) is 0 Å². The van der Waals surface area contributed by atoms with Crippen molar-refractivity contribution >= 4 is 23.1 Å². The topological polar surface area (TPSA) is 24.9 Å². The molecule has 112 valence electrons. The largest absolute Gasteiger partial charge is 0.313 e. The molecule has 1 fully saturated rings. The minimum Gasteiger partial charge on any atom is -0.313 e. The number of hydrogen-bond donors (Lipinski definition) is 1. The van der Waals surface area contributed by atoms with Crippen LogP contribution in [0.15, 0.2) is 0 Å². The average Bonchev–Trinajstić information content (AvgIpc) is 3.20. The van der Waals surface area contributed by atoms with Crippen LogP contribution in [0.1, 0.15) is 67.4 Å². The lowest BCUT2D eigenvalue weighted by Gasteiger charge is -2.21. The molecule has 0 amide bonds. The highest BCUT2D eigenvalue weighted by Gasteiger charge is 2.27. The normalized spacial score (nSPS) is 23.6. The van der Waals surface area contributed by atoms with Gasteiger partial charge < -0.3 is 5.32 Å². The van der Waals surface area contributed by atoms with Crippen molar-refractivity contribution in [3.05, 3.63) is 15.6 Å². The van der Waals surface area contributed by atoms with Gasteiger partial charge in [0.05, 0.1) is 5.69 Å². The third kappa shape index (κ3) is 3.77. The van der Waals surface area contributed by atoms with Crippen molar-refractivity contribution in [2.24, 2.45) is 0 Å². The zero-order valence-electron chi connectivity index (χ0n) is 12.7.